The molecule has 0 bridgehead atoms. The zero-order valence-corrected chi connectivity index (χ0v) is 12.2. The Kier molecular flexibility index (Phi) is 3.84. The van der Waals surface area contributed by atoms with Gasteiger partial charge in [-0.15, -0.1) is 11.3 Å². The van der Waals surface area contributed by atoms with Crippen LogP contribution in [0.5, 0.6) is 0 Å². The minimum Gasteiger partial charge on any atom is -0.353 e. The second-order valence-electron chi connectivity index (χ2n) is 4.65. The Morgan fingerprint density at radius 2 is 2.30 bits per heavy atom. The molecule has 0 aromatic carbocycles. The van der Waals surface area contributed by atoms with Crippen molar-refractivity contribution < 1.29 is 4.79 Å². The predicted molar refractivity (Wildman–Crippen MR) is 79.5 cm³/mol. The molecule has 1 aliphatic carbocycles. The summed E-state index contributed by atoms with van der Waals surface area (Å²) in [4.78, 5) is 20.2. The number of hydrogen-bond acceptors (Lipinski definition) is 5. The number of nitrogens with one attached hydrogen (secondary N) is 2. The Labute approximate surface area is 125 Å². The van der Waals surface area contributed by atoms with Gasteiger partial charge in [0.15, 0.2) is 5.13 Å². The van der Waals surface area contributed by atoms with E-state index < -0.39 is 0 Å². The molecule has 0 spiro atoms. The number of nitrogens with zero attached hydrogens (tertiary/aromatic N) is 2. The Hall–Kier alpha value is -1.66. The lowest BCUT2D eigenvalue weighted by molar-refractivity contribution is -0.120. The fourth-order valence-corrected chi connectivity index (χ4v) is 2.50. The normalized spacial score (nSPS) is 14.1. The molecule has 0 aliphatic heterocycles. The lowest BCUT2D eigenvalue weighted by atomic mass is 10.3. The Bertz CT molecular complexity index is 609. The van der Waals surface area contributed by atoms with Gasteiger partial charge < -0.3 is 10.6 Å². The number of carbonyl (C=O) groups excluding carboxylic acids is 1. The molecule has 1 fully saturated rings. The second kappa shape index (κ2) is 5.76. The monoisotopic (exact) mass is 308 g/mol. The summed E-state index contributed by atoms with van der Waals surface area (Å²) in [5.74, 6) is 0.715. The van der Waals surface area contributed by atoms with Crippen molar-refractivity contribution in [3.8, 4) is 0 Å². The summed E-state index contributed by atoms with van der Waals surface area (Å²) in [5, 5.41) is 9.22. The molecule has 2 N–H and O–H groups in total. The maximum Gasteiger partial charge on any atom is 0.226 e. The summed E-state index contributed by atoms with van der Waals surface area (Å²) >= 11 is 7.22. The van der Waals surface area contributed by atoms with Crippen molar-refractivity contribution in [2.24, 2.45) is 0 Å². The zero-order valence-electron chi connectivity index (χ0n) is 10.6. The molecule has 1 amide bonds. The van der Waals surface area contributed by atoms with Crippen LogP contribution >= 0.6 is 22.9 Å². The fraction of sp³-hybridized carbons (Fsp3) is 0.308. The van der Waals surface area contributed by atoms with Crippen LogP contribution in [0.1, 0.15) is 18.5 Å². The average molecular weight is 309 g/mol. The summed E-state index contributed by atoms with van der Waals surface area (Å²) in [6, 6.07) is 3.93. The zero-order chi connectivity index (χ0) is 13.9. The second-order valence-corrected chi connectivity index (χ2v) is 5.94. The maximum atomic E-state index is 11.7. The fourth-order valence-electron chi connectivity index (χ4n) is 1.68. The summed E-state index contributed by atoms with van der Waals surface area (Å²) in [5.41, 5.74) is 0.768. The van der Waals surface area contributed by atoms with Crippen LogP contribution in [0.3, 0.4) is 0 Å². The van der Waals surface area contributed by atoms with Gasteiger partial charge in [0, 0.05) is 17.6 Å². The average Bonchev–Trinajstić information content (AvgIpc) is 3.12. The number of thiazole rings is 1. The summed E-state index contributed by atoms with van der Waals surface area (Å²) in [6.07, 6.45) is 4.08. The van der Waals surface area contributed by atoms with Crippen LogP contribution in [-0.4, -0.2) is 21.9 Å². The largest absolute Gasteiger partial charge is 0.353 e. The highest BCUT2D eigenvalue weighted by molar-refractivity contribution is 7.13. The van der Waals surface area contributed by atoms with Crippen LogP contribution in [0, 0.1) is 0 Å². The van der Waals surface area contributed by atoms with Gasteiger partial charge in [-0.25, -0.2) is 9.97 Å². The molecule has 3 rings (SSSR count). The van der Waals surface area contributed by atoms with E-state index in [9.17, 15) is 4.79 Å². The summed E-state index contributed by atoms with van der Waals surface area (Å²) in [7, 11) is 0. The smallest absolute Gasteiger partial charge is 0.226 e. The lowest BCUT2D eigenvalue weighted by Crippen LogP contribution is -2.27. The molecule has 0 atom stereocenters. The van der Waals surface area contributed by atoms with E-state index in [1.165, 1.54) is 11.3 Å². The van der Waals surface area contributed by atoms with Crippen LogP contribution in [0.25, 0.3) is 0 Å². The summed E-state index contributed by atoms with van der Waals surface area (Å²) < 4.78 is 0. The van der Waals surface area contributed by atoms with E-state index in [0.717, 1.165) is 18.5 Å². The third-order valence-corrected chi connectivity index (χ3v) is 3.83. The molecule has 0 saturated heterocycles. The molecule has 2 heterocycles. The SMILES string of the molecule is O=C(Cc1csc(Nc2ccc(Cl)cn2)n1)NC1CC1. The molecular weight excluding hydrogens is 296 g/mol. The Balaban J connectivity index is 1.58. The van der Waals surface area contributed by atoms with Crippen molar-refractivity contribution in [1.82, 2.24) is 15.3 Å². The van der Waals surface area contributed by atoms with E-state index in [1.807, 2.05) is 5.38 Å². The molecular formula is C13H13ClN4OS. The quantitative estimate of drug-likeness (QED) is 0.891. The first-order valence-corrected chi connectivity index (χ1v) is 7.57. The molecule has 7 heteroatoms. The number of anilines is 2. The van der Waals surface area contributed by atoms with Crippen molar-refractivity contribution in [2.75, 3.05) is 5.32 Å². The van der Waals surface area contributed by atoms with Gasteiger partial charge in [-0.2, -0.15) is 0 Å². The molecule has 5 nitrogen and oxygen atoms in total. The third kappa shape index (κ3) is 3.68. The van der Waals surface area contributed by atoms with Crippen LogP contribution in [0.4, 0.5) is 10.9 Å². The number of halogens is 1. The minimum absolute atomic E-state index is 0.0361. The van der Waals surface area contributed by atoms with Gasteiger partial charge >= 0.3 is 0 Å². The number of aromatic nitrogens is 2. The summed E-state index contributed by atoms with van der Waals surface area (Å²) in [6.45, 7) is 0. The molecule has 1 aliphatic rings. The van der Waals surface area contributed by atoms with Gasteiger partial charge in [0.2, 0.25) is 5.91 Å². The van der Waals surface area contributed by atoms with Crippen LogP contribution < -0.4 is 10.6 Å². The third-order valence-electron chi connectivity index (χ3n) is 2.80. The number of rotatable bonds is 5. The standard InChI is InChI=1S/C13H13ClN4OS/c14-8-1-4-11(15-6-8)18-13-17-10(7-20-13)5-12(19)16-9-2-3-9/h1,4,6-7,9H,2-3,5H2,(H,16,19)(H,15,17,18). The van der Waals surface area contributed by atoms with Gasteiger partial charge in [0.05, 0.1) is 17.1 Å². The molecule has 104 valence electrons. The van der Waals surface area contributed by atoms with E-state index in [2.05, 4.69) is 20.6 Å². The first-order valence-electron chi connectivity index (χ1n) is 6.31. The van der Waals surface area contributed by atoms with Gasteiger partial charge in [-0.1, -0.05) is 11.6 Å². The van der Waals surface area contributed by atoms with Gasteiger partial charge in [0.25, 0.3) is 0 Å². The molecule has 20 heavy (non-hydrogen) atoms. The molecule has 2 aromatic heterocycles. The van der Waals surface area contributed by atoms with Gasteiger partial charge in [0.1, 0.15) is 5.82 Å². The number of pyridine rings is 1. The highest BCUT2D eigenvalue weighted by Gasteiger charge is 2.23. The van der Waals surface area contributed by atoms with Crippen molar-refractivity contribution in [2.45, 2.75) is 25.3 Å². The van der Waals surface area contributed by atoms with Gasteiger partial charge in [-0.3, -0.25) is 4.79 Å². The van der Waals surface area contributed by atoms with Crippen LogP contribution in [-0.2, 0) is 11.2 Å². The van der Waals surface area contributed by atoms with E-state index in [4.69, 9.17) is 11.6 Å². The Morgan fingerprint density at radius 3 is 3.00 bits per heavy atom. The highest BCUT2D eigenvalue weighted by atomic mass is 35.5. The first kappa shape index (κ1) is 13.3. The van der Waals surface area contributed by atoms with Crippen LogP contribution in [0.15, 0.2) is 23.7 Å². The molecule has 0 radical (unpaired) electrons. The lowest BCUT2D eigenvalue weighted by Gasteiger charge is -2.01. The highest BCUT2D eigenvalue weighted by Crippen LogP contribution is 2.22. The first-order chi connectivity index (χ1) is 9.69. The number of hydrogen-bond donors (Lipinski definition) is 2. The van der Waals surface area contributed by atoms with Crippen molar-refractivity contribution >= 4 is 39.8 Å². The maximum absolute atomic E-state index is 11.7. The minimum atomic E-state index is 0.0361. The topological polar surface area (TPSA) is 66.9 Å². The van der Waals surface area contributed by atoms with E-state index in [1.54, 1.807) is 18.3 Å². The van der Waals surface area contributed by atoms with E-state index in [-0.39, 0.29) is 5.91 Å². The van der Waals surface area contributed by atoms with Crippen molar-refractivity contribution in [3.05, 3.63) is 34.4 Å². The number of carbonyl (C=O) groups is 1. The van der Waals surface area contributed by atoms with Crippen molar-refractivity contribution in [3.63, 3.8) is 0 Å². The van der Waals surface area contributed by atoms with E-state index >= 15 is 0 Å². The molecule has 1 saturated carbocycles. The van der Waals surface area contributed by atoms with Gasteiger partial charge in [-0.05, 0) is 25.0 Å². The van der Waals surface area contributed by atoms with Crippen molar-refractivity contribution in [1.29, 1.82) is 0 Å². The number of amides is 1. The molecule has 2 aromatic rings. The van der Waals surface area contributed by atoms with Crippen LogP contribution in [0.2, 0.25) is 5.02 Å². The Morgan fingerprint density at radius 1 is 1.45 bits per heavy atom. The van der Waals surface area contributed by atoms with E-state index in [0.29, 0.717) is 28.4 Å². The predicted octanol–water partition coefficient (Wildman–Crippen LogP) is 2.76. The molecule has 0 unspecified atom stereocenters.